The van der Waals surface area contributed by atoms with Gasteiger partial charge in [0.25, 0.3) is 0 Å². The van der Waals surface area contributed by atoms with Gasteiger partial charge in [-0.05, 0) is 6.92 Å². The molecule has 0 saturated carbocycles. The van der Waals surface area contributed by atoms with Crippen molar-refractivity contribution in [2.45, 2.75) is 13.0 Å². The number of hydrogen-bond acceptors (Lipinski definition) is 0. The Balaban J connectivity index is 0.00000144. The van der Waals surface area contributed by atoms with Gasteiger partial charge in [-0.25, -0.2) is 0 Å². The molecule has 0 aliphatic carbocycles. The third-order valence-corrected chi connectivity index (χ3v) is 2.55. The van der Waals surface area contributed by atoms with E-state index in [2.05, 4.69) is 0 Å². The van der Waals surface area contributed by atoms with Crippen LogP contribution in [0.5, 0.6) is 0 Å². The van der Waals surface area contributed by atoms with Crippen molar-refractivity contribution in [3.05, 3.63) is 35.9 Å². The molecule has 1 aromatic carbocycles. The predicted molar refractivity (Wildman–Crippen MR) is 52.7 cm³/mol. The molecule has 1 nitrogen and oxygen atoms in total. The number of benzene rings is 1. The summed E-state index contributed by atoms with van der Waals surface area (Å²) in [6.07, 6.45) is 0. The fourth-order valence-electron chi connectivity index (χ4n) is 0.993. The van der Waals surface area contributed by atoms with Gasteiger partial charge in [-0.3, -0.25) is 0 Å². The summed E-state index contributed by atoms with van der Waals surface area (Å²) in [5, 5.41) is 0. The number of rotatable bonds is 2. The van der Waals surface area contributed by atoms with Crippen molar-refractivity contribution < 1.29 is 20.5 Å². The Hall–Kier alpha value is 0.240. The minimum atomic E-state index is -0.0794. The third-order valence-electron chi connectivity index (χ3n) is 1.96. The highest BCUT2D eigenvalue weighted by molar-refractivity contribution is 6.23. The van der Waals surface area contributed by atoms with Crippen molar-refractivity contribution >= 4 is 23.6 Å². The fourth-order valence-corrected chi connectivity index (χ4v) is 1.22. The van der Waals surface area contributed by atoms with Crippen LogP contribution >= 0.6 is 23.6 Å². The lowest BCUT2D eigenvalue weighted by molar-refractivity contribution is -0.702. The largest absolute Gasteiger partial charge is 1.00 e. The van der Waals surface area contributed by atoms with Gasteiger partial charge in [0, 0.05) is 5.56 Å². The van der Waals surface area contributed by atoms with Crippen LogP contribution in [0.1, 0.15) is 18.5 Å². The van der Waals surface area contributed by atoms with Crippen LogP contribution in [-0.2, 0) is 0 Å². The third kappa shape index (κ3) is 3.86. The number of nitrogens with zero attached hydrogens (tertiary/aromatic N) is 1. The van der Waals surface area contributed by atoms with Crippen molar-refractivity contribution in [2.75, 3.05) is 7.05 Å². The lowest BCUT2D eigenvalue weighted by Gasteiger charge is -2.21. The Labute approximate surface area is 99.8 Å². The van der Waals surface area contributed by atoms with Crippen molar-refractivity contribution in [1.29, 1.82) is 0 Å². The molecule has 0 aliphatic heterocycles. The van der Waals surface area contributed by atoms with E-state index in [1.165, 1.54) is 0 Å². The van der Waals surface area contributed by atoms with E-state index in [0.29, 0.717) is 0 Å². The Bertz CT molecular complexity index is 246. The highest BCUT2D eigenvalue weighted by atomic mass is 79.9. The summed E-state index contributed by atoms with van der Waals surface area (Å²) in [6.45, 7) is 2.00. The van der Waals surface area contributed by atoms with Gasteiger partial charge in [0.2, 0.25) is 0 Å². The molecule has 0 fully saturated rings. The van der Waals surface area contributed by atoms with Crippen molar-refractivity contribution in [1.82, 2.24) is 0 Å². The van der Waals surface area contributed by atoms with Crippen LogP contribution < -0.4 is 17.0 Å². The average Bonchev–Trinajstić information content (AvgIpc) is 2.03. The van der Waals surface area contributed by atoms with E-state index < -0.39 is 0 Å². The quantitative estimate of drug-likeness (QED) is 0.694. The summed E-state index contributed by atoms with van der Waals surface area (Å²) >= 11 is 11.8. The first kappa shape index (κ1) is 13.2. The maximum Gasteiger partial charge on any atom is 0.187 e. The van der Waals surface area contributed by atoms with Gasteiger partial charge in [0.15, 0.2) is 23.6 Å². The summed E-state index contributed by atoms with van der Waals surface area (Å²) in [6, 6.07) is 10.1. The van der Waals surface area contributed by atoms with E-state index in [0.717, 1.165) is 5.56 Å². The van der Waals surface area contributed by atoms with Crippen LogP contribution in [0.4, 0.5) is 0 Å². The van der Waals surface area contributed by atoms with Crippen LogP contribution in [0.2, 0.25) is 0 Å². The molecule has 1 atom stereocenters. The van der Waals surface area contributed by atoms with E-state index in [1.807, 2.05) is 37.3 Å². The number of quaternary nitrogens is 1. The molecule has 13 heavy (non-hydrogen) atoms. The van der Waals surface area contributed by atoms with E-state index >= 15 is 0 Å². The normalized spacial score (nSPS) is 13.2. The zero-order chi connectivity index (χ0) is 9.19. The molecule has 0 amide bonds. The summed E-state index contributed by atoms with van der Waals surface area (Å²) in [7, 11) is 1.75. The summed E-state index contributed by atoms with van der Waals surface area (Å²) < 4.78 is -0.0794. The highest BCUT2D eigenvalue weighted by Crippen LogP contribution is 2.31. The minimum Gasteiger partial charge on any atom is -1.00 e. The Kier molecular flexibility index (Phi) is 5.30. The zero-order valence-electron chi connectivity index (χ0n) is 7.55. The van der Waals surface area contributed by atoms with Gasteiger partial charge in [-0.2, -0.15) is 0 Å². The van der Waals surface area contributed by atoms with Gasteiger partial charge in [0.05, 0.1) is 0 Å². The Morgan fingerprint density at radius 2 is 1.62 bits per heavy atom. The maximum atomic E-state index is 5.92. The van der Waals surface area contributed by atoms with Crippen LogP contribution in [0, 0.1) is 0 Å². The predicted octanol–water partition coefficient (Wildman–Crippen LogP) is 0.506. The Morgan fingerprint density at radius 3 is 2.00 bits per heavy atom. The topological polar surface area (TPSA) is 0 Å². The molecule has 0 spiro atoms. The average molecular weight is 285 g/mol. The van der Waals surface area contributed by atoms with Crippen LogP contribution in [0.25, 0.3) is 0 Å². The van der Waals surface area contributed by atoms with E-state index in [4.69, 9.17) is 23.6 Å². The zero-order valence-corrected chi connectivity index (χ0v) is 10.6. The molecule has 0 radical (unpaired) electrons. The first-order valence-electron chi connectivity index (χ1n) is 3.82. The molecular formula is C9H12BrCl2N. The monoisotopic (exact) mass is 283 g/mol. The molecule has 0 aliphatic rings. The molecule has 1 aromatic rings. The van der Waals surface area contributed by atoms with E-state index in [9.17, 15) is 0 Å². The first-order valence-corrected chi connectivity index (χ1v) is 4.50. The molecule has 1 rings (SSSR count). The van der Waals surface area contributed by atoms with Crippen LogP contribution in [0.3, 0.4) is 0 Å². The molecule has 0 heterocycles. The SMILES string of the molecule is CC(c1ccccc1)[N+](C)(Cl)Cl.[Br-]. The second-order valence-electron chi connectivity index (χ2n) is 2.94. The standard InChI is InChI=1S/C9H12Cl2N.BrH/c1-8(12(2,10)11)9-6-4-3-5-7-9;/h3-8H,1-2H3;1H/q+1;/p-1. The lowest BCUT2D eigenvalue weighted by atomic mass is 10.1. The minimum absolute atomic E-state index is 0. The molecule has 0 aromatic heterocycles. The second kappa shape index (κ2) is 5.20. The van der Waals surface area contributed by atoms with Crippen molar-refractivity contribution in [2.24, 2.45) is 0 Å². The van der Waals surface area contributed by atoms with Crippen LogP contribution in [-0.4, -0.2) is 10.6 Å². The first-order chi connectivity index (χ1) is 5.52. The lowest BCUT2D eigenvalue weighted by Crippen LogP contribution is -3.00. The molecule has 1 unspecified atom stereocenters. The summed E-state index contributed by atoms with van der Waals surface area (Å²) in [4.78, 5) is 0. The molecule has 0 N–H and O–H groups in total. The highest BCUT2D eigenvalue weighted by Gasteiger charge is 2.27. The molecule has 0 saturated heterocycles. The van der Waals surface area contributed by atoms with Gasteiger partial charge < -0.3 is 17.0 Å². The molecule has 0 bridgehead atoms. The Morgan fingerprint density at radius 1 is 1.15 bits per heavy atom. The number of hydrogen-bond donors (Lipinski definition) is 0. The summed E-state index contributed by atoms with van der Waals surface area (Å²) in [5.74, 6) is 0. The smallest absolute Gasteiger partial charge is 0.187 e. The maximum absolute atomic E-state index is 5.92. The summed E-state index contributed by atoms with van der Waals surface area (Å²) in [5.41, 5.74) is 1.14. The van der Waals surface area contributed by atoms with Crippen molar-refractivity contribution in [3.8, 4) is 0 Å². The molecule has 74 valence electrons. The van der Waals surface area contributed by atoms with Gasteiger partial charge in [-0.1, -0.05) is 30.3 Å². The van der Waals surface area contributed by atoms with E-state index in [-0.39, 0.29) is 26.5 Å². The van der Waals surface area contributed by atoms with E-state index in [1.54, 1.807) is 7.05 Å². The van der Waals surface area contributed by atoms with Gasteiger partial charge in [0.1, 0.15) is 13.1 Å². The van der Waals surface area contributed by atoms with Crippen molar-refractivity contribution in [3.63, 3.8) is 0 Å². The second-order valence-corrected chi connectivity index (χ2v) is 4.52. The van der Waals surface area contributed by atoms with Gasteiger partial charge in [-0.15, -0.1) is 3.52 Å². The van der Waals surface area contributed by atoms with Gasteiger partial charge >= 0.3 is 0 Å². The number of halogens is 3. The molecule has 4 heteroatoms. The fraction of sp³-hybridized carbons (Fsp3) is 0.333. The molecular weight excluding hydrogens is 273 g/mol. The van der Waals surface area contributed by atoms with Crippen LogP contribution in [0.15, 0.2) is 30.3 Å².